The number of nitrogens with zero attached hydrogens (tertiary/aromatic N) is 3. The van der Waals surface area contributed by atoms with Crippen LogP contribution in [0.25, 0.3) is 0 Å². The largest absolute Gasteiger partial charge is 0.495 e. The molecule has 1 aliphatic rings. The fraction of sp³-hybridized carbons (Fsp3) is 0.412. The van der Waals surface area contributed by atoms with Crippen LogP contribution in [0.1, 0.15) is 18.7 Å². The van der Waals surface area contributed by atoms with Crippen molar-refractivity contribution in [3.05, 3.63) is 30.1 Å². The molecular formula is C17H24N7O2+. The molecule has 1 saturated heterocycles. The predicted molar refractivity (Wildman–Crippen MR) is 96.8 cm³/mol. The monoisotopic (exact) mass is 358 g/mol. The van der Waals surface area contributed by atoms with Crippen molar-refractivity contribution in [2.24, 2.45) is 11.7 Å². The lowest BCUT2D eigenvalue weighted by molar-refractivity contribution is -0.920. The lowest BCUT2D eigenvalue weighted by Gasteiger charge is -2.27. The van der Waals surface area contributed by atoms with Crippen LogP contribution in [-0.4, -0.2) is 41.1 Å². The lowest BCUT2D eigenvalue weighted by atomic mass is 9.96. The summed E-state index contributed by atoms with van der Waals surface area (Å²) in [4.78, 5) is 25.4. The van der Waals surface area contributed by atoms with Crippen molar-refractivity contribution < 1.29 is 14.4 Å². The summed E-state index contributed by atoms with van der Waals surface area (Å²) in [6.45, 7) is 2.34. The van der Waals surface area contributed by atoms with Gasteiger partial charge in [-0.1, -0.05) is 12.1 Å². The Balaban J connectivity index is 1.69. The molecule has 0 bridgehead atoms. The number of primary amides is 1. The van der Waals surface area contributed by atoms with Crippen molar-refractivity contribution in [2.45, 2.75) is 19.4 Å². The summed E-state index contributed by atoms with van der Waals surface area (Å²) in [5.74, 6) is 1.61. The van der Waals surface area contributed by atoms with E-state index in [1.807, 2.05) is 24.3 Å². The fourth-order valence-electron chi connectivity index (χ4n) is 3.15. The Kier molecular flexibility index (Phi) is 5.47. The minimum Gasteiger partial charge on any atom is -0.495 e. The number of quaternary nitrogens is 1. The number of nitrogens with two attached hydrogens (primary N) is 2. The Labute approximate surface area is 151 Å². The molecule has 0 unspecified atom stereocenters. The lowest BCUT2D eigenvalue weighted by Crippen LogP contribution is -3.12. The summed E-state index contributed by atoms with van der Waals surface area (Å²) in [5.41, 5.74) is 12.0. The molecular weight excluding hydrogens is 334 g/mol. The number of methoxy groups -OCH3 is 1. The van der Waals surface area contributed by atoms with Gasteiger partial charge in [0.1, 0.15) is 12.3 Å². The van der Waals surface area contributed by atoms with E-state index in [9.17, 15) is 4.79 Å². The average molecular weight is 358 g/mol. The highest BCUT2D eigenvalue weighted by Crippen LogP contribution is 2.25. The van der Waals surface area contributed by atoms with Crippen LogP contribution in [0.15, 0.2) is 24.3 Å². The van der Waals surface area contributed by atoms with Gasteiger partial charge in [-0.2, -0.15) is 15.0 Å². The third-order valence-corrected chi connectivity index (χ3v) is 4.56. The molecule has 138 valence electrons. The predicted octanol–water partition coefficient (Wildman–Crippen LogP) is -0.514. The van der Waals surface area contributed by atoms with Crippen molar-refractivity contribution in [1.82, 2.24) is 15.0 Å². The summed E-state index contributed by atoms with van der Waals surface area (Å²) >= 11 is 0. The minimum absolute atomic E-state index is 0.0232. The molecule has 1 amide bonds. The second kappa shape index (κ2) is 7.96. The molecule has 0 saturated carbocycles. The van der Waals surface area contributed by atoms with Gasteiger partial charge >= 0.3 is 0 Å². The third-order valence-electron chi connectivity index (χ3n) is 4.56. The zero-order chi connectivity index (χ0) is 18.5. The molecule has 1 fully saturated rings. The summed E-state index contributed by atoms with van der Waals surface area (Å²) in [5, 5.41) is 3.13. The molecule has 0 radical (unpaired) electrons. The van der Waals surface area contributed by atoms with Crippen molar-refractivity contribution >= 4 is 23.5 Å². The van der Waals surface area contributed by atoms with Gasteiger partial charge in [-0.05, 0) is 12.1 Å². The van der Waals surface area contributed by atoms with E-state index in [1.165, 1.54) is 4.90 Å². The molecule has 26 heavy (non-hydrogen) atoms. The molecule has 2 aromatic rings. The molecule has 1 aromatic carbocycles. The van der Waals surface area contributed by atoms with Crippen LogP contribution in [0.4, 0.5) is 17.6 Å². The van der Waals surface area contributed by atoms with E-state index in [1.54, 1.807) is 7.11 Å². The Morgan fingerprint density at radius 2 is 2.00 bits per heavy atom. The number of ether oxygens (including phenoxy) is 1. The molecule has 3 rings (SSSR count). The van der Waals surface area contributed by atoms with Crippen LogP contribution >= 0.6 is 0 Å². The fourth-order valence-corrected chi connectivity index (χ4v) is 3.15. The first-order valence-corrected chi connectivity index (χ1v) is 8.58. The molecule has 0 atom stereocenters. The van der Waals surface area contributed by atoms with Crippen molar-refractivity contribution in [2.75, 3.05) is 31.2 Å². The first-order valence-electron chi connectivity index (χ1n) is 8.58. The zero-order valence-corrected chi connectivity index (χ0v) is 14.7. The van der Waals surface area contributed by atoms with Crippen LogP contribution in [-0.2, 0) is 11.3 Å². The zero-order valence-electron chi connectivity index (χ0n) is 14.7. The van der Waals surface area contributed by atoms with Gasteiger partial charge < -0.3 is 26.4 Å². The quantitative estimate of drug-likeness (QED) is 0.546. The van der Waals surface area contributed by atoms with E-state index in [4.69, 9.17) is 16.2 Å². The van der Waals surface area contributed by atoms with E-state index in [-0.39, 0.29) is 17.8 Å². The van der Waals surface area contributed by atoms with E-state index in [2.05, 4.69) is 20.3 Å². The maximum absolute atomic E-state index is 11.3. The number of aromatic nitrogens is 3. The van der Waals surface area contributed by atoms with E-state index >= 15 is 0 Å². The van der Waals surface area contributed by atoms with E-state index in [0.717, 1.165) is 31.6 Å². The number of nitrogens with one attached hydrogen (secondary N) is 2. The maximum Gasteiger partial charge on any atom is 0.232 e. The van der Waals surface area contributed by atoms with Crippen molar-refractivity contribution in [1.29, 1.82) is 0 Å². The van der Waals surface area contributed by atoms with Gasteiger partial charge in [0.25, 0.3) is 0 Å². The minimum atomic E-state index is -0.211. The number of hydrogen-bond acceptors (Lipinski definition) is 7. The Bertz CT molecular complexity index is 775. The van der Waals surface area contributed by atoms with Gasteiger partial charge in [0.15, 0.2) is 5.82 Å². The highest BCUT2D eigenvalue weighted by atomic mass is 16.5. The van der Waals surface area contributed by atoms with Crippen LogP contribution in [0.5, 0.6) is 5.75 Å². The summed E-state index contributed by atoms with van der Waals surface area (Å²) < 4.78 is 5.32. The third kappa shape index (κ3) is 4.37. The first kappa shape index (κ1) is 17.9. The summed E-state index contributed by atoms with van der Waals surface area (Å²) in [6, 6.07) is 7.50. The number of piperidine rings is 1. The SMILES string of the molecule is COc1ccccc1Nc1nc(N)nc(C[NH+]2CCC(C(N)=O)CC2)n1. The molecule has 6 N–H and O–H groups in total. The number of carbonyl (C=O) groups is 1. The molecule has 0 aliphatic carbocycles. The van der Waals surface area contributed by atoms with Crippen LogP contribution in [0, 0.1) is 5.92 Å². The molecule has 0 spiro atoms. The van der Waals surface area contributed by atoms with Gasteiger partial charge in [-0.25, -0.2) is 0 Å². The van der Waals surface area contributed by atoms with Crippen LogP contribution < -0.4 is 26.4 Å². The number of amides is 1. The number of anilines is 3. The van der Waals surface area contributed by atoms with Gasteiger partial charge in [0.2, 0.25) is 17.8 Å². The van der Waals surface area contributed by atoms with E-state index in [0.29, 0.717) is 24.1 Å². The number of rotatable bonds is 6. The number of nitrogen functional groups attached to an aromatic ring is 1. The second-order valence-corrected chi connectivity index (χ2v) is 6.36. The summed E-state index contributed by atoms with van der Waals surface area (Å²) in [7, 11) is 1.60. The standard InChI is InChI=1S/C17H23N7O2/c1-26-13-5-3-2-4-12(13)20-17-22-14(21-16(19)23-17)10-24-8-6-11(7-9-24)15(18)25/h2-5,11H,6-10H2,1H3,(H2,18,25)(H3,19,20,21,22,23)/p+1. The van der Waals surface area contributed by atoms with Crippen molar-refractivity contribution in [3.63, 3.8) is 0 Å². The van der Waals surface area contributed by atoms with Crippen molar-refractivity contribution in [3.8, 4) is 5.75 Å². The smallest absolute Gasteiger partial charge is 0.232 e. The number of likely N-dealkylation sites (tertiary alicyclic amines) is 1. The summed E-state index contributed by atoms with van der Waals surface area (Å²) in [6.07, 6.45) is 1.58. The molecule has 1 aliphatic heterocycles. The van der Waals surface area contributed by atoms with Gasteiger partial charge in [0.05, 0.1) is 25.9 Å². The normalized spacial score (nSPS) is 19.7. The van der Waals surface area contributed by atoms with Gasteiger partial charge in [-0.3, -0.25) is 4.79 Å². The second-order valence-electron chi connectivity index (χ2n) is 6.36. The first-order chi connectivity index (χ1) is 12.5. The van der Waals surface area contributed by atoms with E-state index < -0.39 is 0 Å². The van der Waals surface area contributed by atoms with Crippen LogP contribution in [0.2, 0.25) is 0 Å². The number of carbonyl (C=O) groups excluding carboxylic acids is 1. The molecule has 9 nitrogen and oxygen atoms in total. The topological polar surface area (TPSA) is 133 Å². The van der Waals surface area contributed by atoms with Gasteiger partial charge in [0, 0.05) is 18.8 Å². The molecule has 9 heteroatoms. The highest BCUT2D eigenvalue weighted by molar-refractivity contribution is 5.76. The van der Waals surface area contributed by atoms with Crippen LogP contribution in [0.3, 0.4) is 0 Å². The maximum atomic E-state index is 11.3. The molecule has 1 aromatic heterocycles. The Hall–Kier alpha value is -2.94. The Morgan fingerprint density at radius 1 is 1.27 bits per heavy atom. The highest BCUT2D eigenvalue weighted by Gasteiger charge is 2.26. The van der Waals surface area contributed by atoms with Gasteiger partial charge in [-0.15, -0.1) is 0 Å². The number of para-hydroxylation sites is 2. The number of hydrogen-bond donors (Lipinski definition) is 4. The number of benzene rings is 1. The Morgan fingerprint density at radius 3 is 2.69 bits per heavy atom. The molecule has 2 heterocycles. The average Bonchev–Trinajstić information content (AvgIpc) is 2.62.